The molecule has 0 spiro atoms. The molecule has 2 heterocycles. The van der Waals surface area contributed by atoms with E-state index >= 15 is 0 Å². The maximum Gasteiger partial charge on any atom is 0.225 e. The molecule has 6 heteroatoms. The number of thiophene rings is 1. The molecular weight excluding hydrogens is 346 g/mol. The van der Waals surface area contributed by atoms with Gasteiger partial charge in [0.25, 0.3) is 0 Å². The number of nitriles is 1. The van der Waals surface area contributed by atoms with Crippen LogP contribution in [0.15, 0.2) is 18.2 Å². The Morgan fingerprint density at radius 1 is 1.50 bits per heavy atom. The van der Waals surface area contributed by atoms with Crippen molar-refractivity contribution in [1.82, 2.24) is 5.32 Å². The Hall–Kier alpha value is -2.36. The molecule has 1 atom stereocenters. The van der Waals surface area contributed by atoms with Crippen molar-refractivity contribution in [3.8, 4) is 11.8 Å². The van der Waals surface area contributed by atoms with Gasteiger partial charge in [0.1, 0.15) is 16.8 Å². The fourth-order valence-electron chi connectivity index (χ4n) is 3.49. The van der Waals surface area contributed by atoms with Crippen LogP contribution in [0.4, 0.5) is 5.00 Å². The molecule has 0 radical (unpaired) electrons. The molecular formula is C20H23N3O2S. The summed E-state index contributed by atoms with van der Waals surface area (Å²) in [4.78, 5) is 13.7. The lowest BCUT2D eigenvalue weighted by Crippen LogP contribution is -2.22. The number of rotatable bonds is 5. The molecule has 0 aliphatic carbocycles. The second-order valence-corrected chi connectivity index (χ2v) is 7.68. The van der Waals surface area contributed by atoms with Crippen LogP contribution in [-0.2, 0) is 17.8 Å². The third-order valence-electron chi connectivity index (χ3n) is 4.86. The summed E-state index contributed by atoms with van der Waals surface area (Å²) in [7, 11) is 1.65. The van der Waals surface area contributed by atoms with Crippen molar-refractivity contribution in [2.24, 2.45) is 0 Å². The van der Waals surface area contributed by atoms with E-state index in [0.29, 0.717) is 17.0 Å². The Bertz CT molecular complexity index is 867. The molecule has 1 aromatic heterocycles. The molecule has 0 unspecified atom stereocenters. The summed E-state index contributed by atoms with van der Waals surface area (Å²) < 4.78 is 5.37. The van der Waals surface area contributed by atoms with Crippen molar-refractivity contribution in [2.75, 3.05) is 19.0 Å². The molecule has 0 bridgehead atoms. The molecule has 0 saturated carbocycles. The highest BCUT2D eigenvalue weighted by molar-refractivity contribution is 7.16. The summed E-state index contributed by atoms with van der Waals surface area (Å²) in [6, 6.07) is 8.18. The highest BCUT2D eigenvalue weighted by Crippen LogP contribution is 2.35. The normalized spacial score (nSPS) is 14.2. The van der Waals surface area contributed by atoms with E-state index in [1.54, 1.807) is 7.11 Å². The molecule has 136 valence electrons. The average Bonchev–Trinajstić information content (AvgIpc) is 2.98. The smallest absolute Gasteiger partial charge is 0.225 e. The minimum Gasteiger partial charge on any atom is -0.496 e. The molecule has 0 saturated heterocycles. The van der Waals surface area contributed by atoms with Crippen LogP contribution < -0.4 is 15.4 Å². The van der Waals surface area contributed by atoms with Crippen LogP contribution in [0.1, 0.15) is 46.4 Å². The Kier molecular flexibility index (Phi) is 5.60. The zero-order valence-electron chi connectivity index (χ0n) is 15.3. The number of hydrogen-bond acceptors (Lipinski definition) is 5. The molecule has 26 heavy (non-hydrogen) atoms. The number of carbonyl (C=O) groups excluding carboxylic acids is 1. The SMILES string of the molecule is COc1cccc([C@@H](C)CC(=O)Nc2sc3c(c2C#N)CCNC3)c1C. The standard InChI is InChI=1S/C20H23N3O2S/c1-12(14-5-4-6-17(25-3)13(14)2)9-19(24)23-20-16(10-21)15-7-8-22-11-18(15)26-20/h4-6,12,22H,7-9,11H2,1-3H3,(H,23,24)/t12-/m0/s1. The number of anilines is 1. The van der Waals surface area contributed by atoms with E-state index in [2.05, 4.69) is 16.7 Å². The number of hydrogen-bond donors (Lipinski definition) is 2. The van der Waals surface area contributed by atoms with Crippen LogP contribution >= 0.6 is 11.3 Å². The van der Waals surface area contributed by atoms with Crippen LogP contribution in [0.2, 0.25) is 0 Å². The third kappa shape index (κ3) is 3.59. The summed E-state index contributed by atoms with van der Waals surface area (Å²) in [5, 5.41) is 16.5. The van der Waals surface area contributed by atoms with E-state index < -0.39 is 0 Å². The molecule has 2 aromatic rings. The third-order valence-corrected chi connectivity index (χ3v) is 6.01. The largest absolute Gasteiger partial charge is 0.496 e. The van der Waals surface area contributed by atoms with Crippen molar-refractivity contribution in [1.29, 1.82) is 5.26 Å². The molecule has 3 rings (SSSR count). The quantitative estimate of drug-likeness (QED) is 0.842. The van der Waals surface area contributed by atoms with Crippen molar-refractivity contribution in [3.63, 3.8) is 0 Å². The topological polar surface area (TPSA) is 74.1 Å². The van der Waals surface area contributed by atoms with Crippen molar-refractivity contribution in [2.45, 2.75) is 39.2 Å². The van der Waals surface area contributed by atoms with Gasteiger partial charge in [-0.2, -0.15) is 5.26 Å². The maximum absolute atomic E-state index is 12.6. The monoisotopic (exact) mass is 369 g/mol. The molecule has 1 aliphatic heterocycles. The Balaban J connectivity index is 1.74. The molecule has 1 aliphatic rings. The number of benzene rings is 1. The van der Waals surface area contributed by atoms with Gasteiger partial charge in [-0.1, -0.05) is 19.1 Å². The Morgan fingerprint density at radius 2 is 2.31 bits per heavy atom. The first-order valence-electron chi connectivity index (χ1n) is 8.73. The lowest BCUT2D eigenvalue weighted by molar-refractivity contribution is -0.116. The zero-order valence-corrected chi connectivity index (χ0v) is 16.1. The number of nitrogens with zero attached hydrogens (tertiary/aromatic N) is 1. The second kappa shape index (κ2) is 7.90. The molecule has 1 amide bonds. The number of ether oxygens (including phenoxy) is 1. The summed E-state index contributed by atoms with van der Waals surface area (Å²) in [6.07, 6.45) is 1.20. The Morgan fingerprint density at radius 3 is 3.04 bits per heavy atom. The molecule has 5 nitrogen and oxygen atoms in total. The number of amides is 1. The van der Waals surface area contributed by atoms with Gasteiger partial charge in [-0.25, -0.2) is 0 Å². The predicted octanol–water partition coefficient (Wildman–Crippen LogP) is 3.71. The second-order valence-electron chi connectivity index (χ2n) is 6.57. The highest BCUT2D eigenvalue weighted by Gasteiger charge is 2.22. The van der Waals surface area contributed by atoms with Crippen LogP contribution in [0, 0.1) is 18.3 Å². The van der Waals surface area contributed by atoms with Crippen LogP contribution in [0.25, 0.3) is 0 Å². The Labute approximate surface area is 158 Å². The van der Waals surface area contributed by atoms with Gasteiger partial charge in [0.05, 0.1) is 12.7 Å². The first-order valence-corrected chi connectivity index (χ1v) is 9.55. The number of carbonyl (C=O) groups is 1. The summed E-state index contributed by atoms with van der Waals surface area (Å²) in [5.41, 5.74) is 3.88. The van der Waals surface area contributed by atoms with Gasteiger partial charge < -0.3 is 15.4 Å². The van der Waals surface area contributed by atoms with Crippen LogP contribution in [-0.4, -0.2) is 19.6 Å². The van der Waals surface area contributed by atoms with Gasteiger partial charge >= 0.3 is 0 Å². The van der Waals surface area contributed by atoms with E-state index in [4.69, 9.17) is 4.74 Å². The van der Waals surface area contributed by atoms with Crippen LogP contribution in [0.3, 0.4) is 0 Å². The fourth-order valence-corrected chi connectivity index (χ4v) is 4.68. The predicted molar refractivity (Wildman–Crippen MR) is 104 cm³/mol. The lowest BCUT2D eigenvalue weighted by atomic mass is 9.93. The first-order chi connectivity index (χ1) is 12.5. The van der Waals surface area contributed by atoms with Crippen LogP contribution in [0.5, 0.6) is 5.75 Å². The highest BCUT2D eigenvalue weighted by atomic mass is 32.1. The van der Waals surface area contributed by atoms with Gasteiger partial charge in [-0.3, -0.25) is 4.79 Å². The van der Waals surface area contributed by atoms with Crippen molar-refractivity contribution < 1.29 is 9.53 Å². The zero-order chi connectivity index (χ0) is 18.7. The maximum atomic E-state index is 12.6. The van der Waals surface area contributed by atoms with Gasteiger partial charge in [0, 0.05) is 17.8 Å². The summed E-state index contributed by atoms with van der Waals surface area (Å²) >= 11 is 1.51. The van der Waals surface area contributed by atoms with Crippen molar-refractivity contribution >= 4 is 22.2 Å². The molecule has 1 aromatic carbocycles. The van der Waals surface area contributed by atoms with E-state index in [1.165, 1.54) is 11.3 Å². The minimum absolute atomic E-state index is 0.0619. The number of methoxy groups -OCH3 is 1. The fraction of sp³-hybridized carbons (Fsp3) is 0.400. The van der Waals surface area contributed by atoms with E-state index in [1.807, 2.05) is 32.0 Å². The van der Waals surface area contributed by atoms with E-state index in [9.17, 15) is 10.1 Å². The first kappa shape index (κ1) is 18.4. The van der Waals surface area contributed by atoms with E-state index in [0.717, 1.165) is 46.8 Å². The summed E-state index contributed by atoms with van der Waals surface area (Å²) in [5.74, 6) is 0.828. The number of fused-ring (bicyclic) bond motifs is 1. The van der Waals surface area contributed by atoms with Gasteiger partial charge in [-0.15, -0.1) is 11.3 Å². The molecule has 2 N–H and O–H groups in total. The average molecular weight is 369 g/mol. The number of nitrogens with one attached hydrogen (secondary N) is 2. The lowest BCUT2D eigenvalue weighted by Gasteiger charge is -2.16. The molecule has 0 fully saturated rings. The van der Waals surface area contributed by atoms with Gasteiger partial charge in [0.15, 0.2) is 0 Å². The van der Waals surface area contributed by atoms with Gasteiger partial charge in [-0.05, 0) is 48.6 Å². The minimum atomic E-state index is -0.0669. The van der Waals surface area contributed by atoms with Gasteiger partial charge in [0.2, 0.25) is 5.91 Å². The van der Waals surface area contributed by atoms with E-state index in [-0.39, 0.29) is 11.8 Å². The summed E-state index contributed by atoms with van der Waals surface area (Å²) in [6.45, 7) is 5.69. The van der Waals surface area contributed by atoms with Crippen molar-refractivity contribution in [3.05, 3.63) is 45.3 Å².